The number of imidazole rings is 1. The maximum Gasteiger partial charge on any atom is 0.229 e. The summed E-state index contributed by atoms with van der Waals surface area (Å²) < 4.78 is 32.1. The Kier molecular flexibility index (Phi) is 5.45. The van der Waals surface area contributed by atoms with Crippen LogP contribution in [0.3, 0.4) is 0 Å². The highest BCUT2D eigenvalue weighted by Gasteiger charge is 2.36. The van der Waals surface area contributed by atoms with Gasteiger partial charge in [0, 0.05) is 55.4 Å². The SMILES string of the molecule is CC1(C)CCc2nc3c(F)cc(-c4nc(Nc5ccc(CN6C7CCC6CNC7)cn5)ncc4F)cc3n21. The smallest absolute Gasteiger partial charge is 0.229 e. The lowest BCUT2D eigenvalue weighted by molar-refractivity contribution is 0.145. The summed E-state index contributed by atoms with van der Waals surface area (Å²) in [5.74, 6) is 0.500. The van der Waals surface area contributed by atoms with Gasteiger partial charge < -0.3 is 15.2 Å². The highest BCUT2D eigenvalue weighted by atomic mass is 19.1. The van der Waals surface area contributed by atoms with Gasteiger partial charge in [-0.2, -0.15) is 0 Å². The summed E-state index contributed by atoms with van der Waals surface area (Å²) in [6, 6.07) is 8.19. The second-order valence-corrected chi connectivity index (χ2v) is 11.3. The van der Waals surface area contributed by atoms with Gasteiger partial charge in [-0.15, -0.1) is 0 Å². The molecule has 10 heteroatoms. The number of halogens is 2. The number of aromatic nitrogens is 5. The molecule has 3 aromatic heterocycles. The van der Waals surface area contributed by atoms with Crippen LogP contribution in [0.5, 0.6) is 0 Å². The average molecular weight is 517 g/mol. The number of fused-ring (bicyclic) bond motifs is 5. The van der Waals surface area contributed by atoms with Gasteiger partial charge in [-0.3, -0.25) is 4.90 Å². The van der Waals surface area contributed by atoms with Crippen molar-refractivity contribution in [3.8, 4) is 11.3 Å². The van der Waals surface area contributed by atoms with Gasteiger partial charge >= 0.3 is 0 Å². The molecule has 8 nitrogen and oxygen atoms in total. The van der Waals surface area contributed by atoms with Gasteiger partial charge in [-0.05, 0) is 56.9 Å². The molecule has 1 aromatic carbocycles. The first-order valence-electron chi connectivity index (χ1n) is 13.3. The second-order valence-electron chi connectivity index (χ2n) is 11.3. The summed E-state index contributed by atoms with van der Waals surface area (Å²) in [6.07, 6.45) is 7.16. The van der Waals surface area contributed by atoms with Crippen LogP contribution in [0.1, 0.15) is 44.5 Å². The highest BCUT2D eigenvalue weighted by Crippen LogP contribution is 2.38. The van der Waals surface area contributed by atoms with E-state index in [0.29, 0.717) is 34.5 Å². The molecule has 2 fully saturated rings. The Morgan fingerprint density at radius 2 is 1.84 bits per heavy atom. The Bertz CT molecular complexity index is 1510. The van der Waals surface area contributed by atoms with E-state index in [0.717, 1.165) is 50.1 Å². The van der Waals surface area contributed by atoms with Crippen molar-refractivity contribution in [2.45, 2.75) is 63.7 Å². The minimum Gasteiger partial charge on any atom is -0.322 e. The molecule has 196 valence electrons. The third-order valence-electron chi connectivity index (χ3n) is 8.33. The van der Waals surface area contributed by atoms with Crippen molar-refractivity contribution in [2.24, 2.45) is 0 Å². The van der Waals surface area contributed by atoms with Crippen molar-refractivity contribution in [3.63, 3.8) is 0 Å². The molecule has 38 heavy (non-hydrogen) atoms. The number of aryl methyl sites for hydroxylation is 1. The minimum atomic E-state index is -0.622. The molecule has 4 aromatic rings. The molecule has 7 rings (SSSR count). The number of hydrogen-bond donors (Lipinski definition) is 2. The Morgan fingerprint density at radius 3 is 2.61 bits per heavy atom. The fourth-order valence-electron chi connectivity index (χ4n) is 6.37. The summed E-state index contributed by atoms with van der Waals surface area (Å²) >= 11 is 0. The topological polar surface area (TPSA) is 83.8 Å². The van der Waals surface area contributed by atoms with Crippen LogP contribution in [0.4, 0.5) is 20.5 Å². The number of anilines is 2. The molecule has 0 saturated carbocycles. The molecule has 6 heterocycles. The lowest BCUT2D eigenvalue weighted by atomic mass is 10.0. The van der Waals surface area contributed by atoms with Gasteiger partial charge in [0.25, 0.3) is 0 Å². The highest BCUT2D eigenvalue weighted by molar-refractivity contribution is 5.83. The Balaban J connectivity index is 1.14. The van der Waals surface area contributed by atoms with Crippen molar-refractivity contribution in [1.29, 1.82) is 0 Å². The first-order valence-corrected chi connectivity index (χ1v) is 13.3. The van der Waals surface area contributed by atoms with Crippen LogP contribution in [0.25, 0.3) is 22.3 Å². The van der Waals surface area contributed by atoms with Gasteiger partial charge in [-0.25, -0.2) is 28.7 Å². The fourth-order valence-corrected chi connectivity index (χ4v) is 6.37. The van der Waals surface area contributed by atoms with Crippen molar-refractivity contribution < 1.29 is 8.78 Å². The molecule has 2 saturated heterocycles. The zero-order chi connectivity index (χ0) is 26.0. The number of piperazine rings is 1. The number of rotatable bonds is 5. The van der Waals surface area contributed by atoms with E-state index in [1.807, 2.05) is 18.3 Å². The van der Waals surface area contributed by atoms with Crippen LogP contribution in [0.15, 0.2) is 36.7 Å². The van der Waals surface area contributed by atoms with Gasteiger partial charge in [0.15, 0.2) is 11.6 Å². The molecule has 0 radical (unpaired) electrons. The second kappa shape index (κ2) is 8.78. The molecule has 2 N–H and O–H groups in total. The van der Waals surface area contributed by atoms with E-state index in [2.05, 4.69) is 53.9 Å². The van der Waals surface area contributed by atoms with Crippen LogP contribution < -0.4 is 10.6 Å². The summed E-state index contributed by atoms with van der Waals surface area (Å²) in [7, 11) is 0. The van der Waals surface area contributed by atoms with Crippen molar-refractivity contribution >= 4 is 22.8 Å². The lowest BCUT2D eigenvalue weighted by Crippen LogP contribution is -2.51. The Hall–Kier alpha value is -3.50. The third-order valence-corrected chi connectivity index (χ3v) is 8.33. The van der Waals surface area contributed by atoms with E-state index in [1.165, 1.54) is 18.9 Å². The number of nitrogens with one attached hydrogen (secondary N) is 2. The van der Waals surface area contributed by atoms with Crippen LogP contribution >= 0.6 is 0 Å². The van der Waals surface area contributed by atoms with E-state index < -0.39 is 11.6 Å². The van der Waals surface area contributed by atoms with E-state index in [1.54, 1.807) is 6.07 Å². The van der Waals surface area contributed by atoms with Crippen molar-refractivity contribution in [1.82, 2.24) is 34.7 Å². The molecule has 3 aliphatic heterocycles. The maximum absolute atomic E-state index is 15.1. The van der Waals surface area contributed by atoms with Crippen LogP contribution in [-0.2, 0) is 18.5 Å². The lowest BCUT2D eigenvalue weighted by Gasteiger charge is -2.35. The summed E-state index contributed by atoms with van der Waals surface area (Å²) in [4.78, 5) is 20.1. The summed E-state index contributed by atoms with van der Waals surface area (Å²) in [5.41, 5.74) is 2.30. The maximum atomic E-state index is 15.1. The van der Waals surface area contributed by atoms with E-state index in [-0.39, 0.29) is 17.2 Å². The number of benzene rings is 1. The first kappa shape index (κ1) is 23.6. The van der Waals surface area contributed by atoms with E-state index in [4.69, 9.17) is 0 Å². The van der Waals surface area contributed by atoms with Crippen molar-refractivity contribution in [3.05, 3.63) is 59.7 Å². The monoisotopic (exact) mass is 516 g/mol. The number of hydrogen-bond acceptors (Lipinski definition) is 7. The van der Waals surface area contributed by atoms with Gasteiger partial charge in [-0.1, -0.05) is 6.07 Å². The van der Waals surface area contributed by atoms with E-state index in [9.17, 15) is 4.39 Å². The van der Waals surface area contributed by atoms with E-state index >= 15 is 4.39 Å². The Morgan fingerprint density at radius 1 is 1.03 bits per heavy atom. The molecule has 3 aliphatic rings. The van der Waals surface area contributed by atoms with Gasteiger partial charge in [0.1, 0.15) is 22.9 Å². The number of nitrogens with zero attached hydrogens (tertiary/aromatic N) is 6. The predicted molar refractivity (Wildman–Crippen MR) is 141 cm³/mol. The van der Waals surface area contributed by atoms with Crippen molar-refractivity contribution in [2.75, 3.05) is 18.4 Å². The largest absolute Gasteiger partial charge is 0.322 e. The molecule has 2 bridgehead atoms. The number of pyridine rings is 1. The Labute approximate surface area is 219 Å². The zero-order valence-corrected chi connectivity index (χ0v) is 21.5. The van der Waals surface area contributed by atoms with Crippen LogP contribution in [0, 0.1) is 11.6 Å². The molecular weight excluding hydrogens is 486 g/mol. The molecule has 0 amide bonds. The van der Waals surface area contributed by atoms with Crippen LogP contribution in [0.2, 0.25) is 0 Å². The minimum absolute atomic E-state index is 0.0282. The quantitative estimate of drug-likeness (QED) is 0.403. The fraction of sp³-hybridized carbons (Fsp3) is 0.429. The van der Waals surface area contributed by atoms with Gasteiger partial charge in [0.05, 0.1) is 11.7 Å². The average Bonchev–Trinajstić information content (AvgIpc) is 3.49. The summed E-state index contributed by atoms with van der Waals surface area (Å²) in [5, 5.41) is 6.58. The van der Waals surface area contributed by atoms with Crippen LogP contribution in [-0.4, -0.2) is 54.6 Å². The van der Waals surface area contributed by atoms with Gasteiger partial charge in [0.2, 0.25) is 5.95 Å². The first-order chi connectivity index (χ1) is 18.4. The molecular formula is C28H30F2N8. The third kappa shape index (κ3) is 3.94. The standard InChI is InChI=1S/C28H30F2N8/c1-28(2)8-7-24-35-26-20(29)9-17(10-22(26)38(24)28)25-21(30)14-33-27(36-25)34-23-6-3-16(11-32-23)15-37-18-4-5-19(37)13-31-12-18/h3,6,9-11,14,18-19,31H,4-5,7-8,12-13,15H2,1-2H3,(H,32,33,34,36). The molecule has 2 unspecified atom stereocenters. The molecule has 2 atom stereocenters. The summed E-state index contributed by atoms with van der Waals surface area (Å²) in [6.45, 7) is 7.19. The molecule has 0 aliphatic carbocycles. The zero-order valence-electron chi connectivity index (χ0n) is 21.5. The molecule has 0 spiro atoms. The normalized spacial score (nSPS) is 22.2. The predicted octanol–water partition coefficient (Wildman–Crippen LogP) is 4.53.